The third kappa shape index (κ3) is 4.23. The quantitative estimate of drug-likeness (QED) is 0.839. The van der Waals surface area contributed by atoms with Gasteiger partial charge in [0.2, 0.25) is 0 Å². The molecule has 110 valence electrons. The van der Waals surface area contributed by atoms with Gasteiger partial charge in [0.15, 0.2) is 0 Å². The van der Waals surface area contributed by atoms with E-state index in [1.807, 2.05) is 26.0 Å². The molecule has 20 heavy (non-hydrogen) atoms. The third-order valence-corrected chi connectivity index (χ3v) is 3.32. The topological polar surface area (TPSA) is 47.6 Å². The number of benzene rings is 1. The van der Waals surface area contributed by atoms with E-state index in [9.17, 15) is 4.79 Å². The lowest BCUT2D eigenvalue weighted by Crippen LogP contribution is -2.19. The first-order chi connectivity index (χ1) is 9.54. The fraction of sp³-hybridized carbons (Fsp3) is 0.562. The van der Waals surface area contributed by atoms with Crippen molar-refractivity contribution < 1.29 is 14.3 Å². The molecular formula is C16H23NO3. The van der Waals surface area contributed by atoms with Gasteiger partial charge in [-0.25, -0.2) is 4.79 Å². The summed E-state index contributed by atoms with van der Waals surface area (Å²) in [4.78, 5) is 11.7. The molecule has 1 N–H and O–H groups in total. The number of hydrogen-bond acceptors (Lipinski definition) is 4. The van der Waals surface area contributed by atoms with Crippen molar-refractivity contribution in [3.63, 3.8) is 0 Å². The Bertz CT molecular complexity index is 442. The van der Waals surface area contributed by atoms with E-state index in [1.165, 1.54) is 0 Å². The molecule has 4 heteroatoms. The fourth-order valence-electron chi connectivity index (χ4n) is 2.27. The van der Waals surface area contributed by atoms with E-state index in [0.29, 0.717) is 11.7 Å². The van der Waals surface area contributed by atoms with Crippen LogP contribution in [0.5, 0.6) is 0 Å². The van der Waals surface area contributed by atoms with Crippen molar-refractivity contribution in [2.45, 2.75) is 51.9 Å². The lowest BCUT2D eigenvalue weighted by molar-refractivity contribution is 0.0378. The molecule has 2 atom stereocenters. The van der Waals surface area contributed by atoms with Crippen molar-refractivity contribution in [3.8, 4) is 0 Å². The maximum Gasteiger partial charge on any atom is 0.338 e. The van der Waals surface area contributed by atoms with Gasteiger partial charge in [0.25, 0.3) is 0 Å². The number of carbonyl (C=O) groups is 1. The van der Waals surface area contributed by atoms with Crippen molar-refractivity contribution >= 4 is 11.7 Å². The number of rotatable bonds is 5. The molecule has 0 spiro atoms. The Morgan fingerprint density at radius 2 is 2.05 bits per heavy atom. The first-order valence-electron chi connectivity index (χ1n) is 7.25. The first kappa shape index (κ1) is 14.9. The van der Waals surface area contributed by atoms with Gasteiger partial charge in [-0.1, -0.05) is 0 Å². The summed E-state index contributed by atoms with van der Waals surface area (Å²) >= 11 is 0. The molecule has 1 aliphatic heterocycles. The third-order valence-electron chi connectivity index (χ3n) is 3.32. The average Bonchev–Trinajstić information content (AvgIpc) is 2.82. The molecule has 1 aromatic rings. The number of hydrogen-bond donors (Lipinski definition) is 1. The van der Waals surface area contributed by atoms with Crippen LogP contribution in [-0.4, -0.2) is 30.8 Å². The van der Waals surface area contributed by atoms with E-state index < -0.39 is 0 Å². The SMILES string of the molecule is CC(C)OC(=O)c1ccc(NCC2CCC(C)O2)cc1. The van der Waals surface area contributed by atoms with Gasteiger partial charge in [-0.3, -0.25) is 0 Å². The standard InChI is InChI=1S/C16H23NO3/c1-11(2)19-16(18)13-5-7-14(8-6-13)17-10-15-9-4-12(3)20-15/h5-8,11-12,15,17H,4,9-10H2,1-3H3. The van der Waals surface area contributed by atoms with Crippen LogP contribution in [0.25, 0.3) is 0 Å². The maximum atomic E-state index is 11.7. The van der Waals surface area contributed by atoms with Crippen molar-refractivity contribution in [1.82, 2.24) is 0 Å². The average molecular weight is 277 g/mol. The van der Waals surface area contributed by atoms with Crippen LogP contribution in [-0.2, 0) is 9.47 Å². The Labute approximate surface area is 120 Å². The molecule has 0 bridgehead atoms. The molecule has 4 nitrogen and oxygen atoms in total. The first-order valence-corrected chi connectivity index (χ1v) is 7.25. The molecule has 0 amide bonds. The van der Waals surface area contributed by atoms with Crippen LogP contribution >= 0.6 is 0 Å². The predicted molar refractivity (Wildman–Crippen MR) is 79.1 cm³/mol. The monoisotopic (exact) mass is 277 g/mol. The molecule has 2 unspecified atom stereocenters. The summed E-state index contributed by atoms with van der Waals surface area (Å²) in [7, 11) is 0. The van der Waals surface area contributed by atoms with Crippen molar-refractivity contribution in [2.24, 2.45) is 0 Å². The molecule has 1 heterocycles. The highest BCUT2D eigenvalue weighted by Gasteiger charge is 2.21. The van der Waals surface area contributed by atoms with Gasteiger partial charge in [-0.2, -0.15) is 0 Å². The van der Waals surface area contributed by atoms with Gasteiger partial charge in [-0.05, 0) is 57.9 Å². The van der Waals surface area contributed by atoms with Crippen LogP contribution in [0, 0.1) is 0 Å². The van der Waals surface area contributed by atoms with Crippen LogP contribution in [0.2, 0.25) is 0 Å². The fourth-order valence-corrected chi connectivity index (χ4v) is 2.27. The zero-order chi connectivity index (χ0) is 14.5. The summed E-state index contributed by atoms with van der Waals surface area (Å²) < 4.78 is 10.9. The highest BCUT2D eigenvalue weighted by atomic mass is 16.5. The van der Waals surface area contributed by atoms with E-state index in [-0.39, 0.29) is 18.2 Å². The smallest absolute Gasteiger partial charge is 0.338 e. The van der Waals surface area contributed by atoms with Crippen LogP contribution < -0.4 is 5.32 Å². The summed E-state index contributed by atoms with van der Waals surface area (Å²) in [5.74, 6) is -0.278. The highest BCUT2D eigenvalue weighted by Crippen LogP contribution is 2.20. The maximum absolute atomic E-state index is 11.7. The van der Waals surface area contributed by atoms with E-state index in [1.54, 1.807) is 12.1 Å². The molecule has 0 aromatic heterocycles. The summed E-state index contributed by atoms with van der Waals surface area (Å²) in [5, 5.41) is 3.34. The normalized spacial score (nSPS) is 22.0. The second-order valence-corrected chi connectivity index (χ2v) is 5.56. The van der Waals surface area contributed by atoms with Crippen LogP contribution in [0.15, 0.2) is 24.3 Å². The Morgan fingerprint density at radius 3 is 2.60 bits per heavy atom. The Hall–Kier alpha value is -1.55. The minimum Gasteiger partial charge on any atom is -0.459 e. The Kier molecular flexibility index (Phi) is 5.01. The minimum absolute atomic E-state index is 0.0955. The predicted octanol–water partition coefficient (Wildman–Crippen LogP) is 3.23. The molecule has 1 fully saturated rings. The van der Waals surface area contributed by atoms with Gasteiger partial charge in [0.05, 0.1) is 23.9 Å². The van der Waals surface area contributed by atoms with Gasteiger partial charge >= 0.3 is 5.97 Å². The second-order valence-electron chi connectivity index (χ2n) is 5.56. The van der Waals surface area contributed by atoms with Crippen molar-refractivity contribution in [3.05, 3.63) is 29.8 Å². The Balaban J connectivity index is 1.83. The van der Waals surface area contributed by atoms with Crippen LogP contribution in [0.1, 0.15) is 44.0 Å². The molecule has 2 rings (SSSR count). The summed E-state index contributed by atoms with van der Waals surface area (Å²) in [6.45, 7) is 6.60. The summed E-state index contributed by atoms with van der Waals surface area (Å²) in [5.41, 5.74) is 1.57. The van der Waals surface area contributed by atoms with Gasteiger partial charge in [-0.15, -0.1) is 0 Å². The zero-order valence-corrected chi connectivity index (χ0v) is 12.4. The van der Waals surface area contributed by atoms with E-state index in [0.717, 1.165) is 25.1 Å². The summed E-state index contributed by atoms with van der Waals surface area (Å²) in [6.07, 6.45) is 2.80. The van der Waals surface area contributed by atoms with Gasteiger partial charge in [0.1, 0.15) is 0 Å². The van der Waals surface area contributed by atoms with Crippen molar-refractivity contribution in [2.75, 3.05) is 11.9 Å². The van der Waals surface area contributed by atoms with E-state index in [4.69, 9.17) is 9.47 Å². The van der Waals surface area contributed by atoms with Crippen molar-refractivity contribution in [1.29, 1.82) is 0 Å². The van der Waals surface area contributed by atoms with E-state index >= 15 is 0 Å². The number of nitrogens with one attached hydrogen (secondary N) is 1. The lowest BCUT2D eigenvalue weighted by atomic mass is 10.2. The molecule has 1 aliphatic rings. The number of carbonyl (C=O) groups excluding carboxylic acids is 1. The largest absolute Gasteiger partial charge is 0.459 e. The molecule has 0 saturated carbocycles. The zero-order valence-electron chi connectivity index (χ0n) is 12.4. The summed E-state index contributed by atoms with van der Waals surface area (Å²) in [6, 6.07) is 7.36. The van der Waals surface area contributed by atoms with E-state index in [2.05, 4.69) is 12.2 Å². The number of anilines is 1. The molecular weight excluding hydrogens is 254 g/mol. The molecule has 1 aromatic carbocycles. The Morgan fingerprint density at radius 1 is 1.35 bits per heavy atom. The minimum atomic E-state index is -0.278. The highest BCUT2D eigenvalue weighted by molar-refractivity contribution is 5.89. The number of esters is 1. The van der Waals surface area contributed by atoms with Crippen LogP contribution in [0.3, 0.4) is 0 Å². The molecule has 0 aliphatic carbocycles. The molecule has 1 saturated heterocycles. The van der Waals surface area contributed by atoms with Gasteiger partial charge < -0.3 is 14.8 Å². The second kappa shape index (κ2) is 6.75. The van der Waals surface area contributed by atoms with Gasteiger partial charge in [0, 0.05) is 12.2 Å². The number of ether oxygens (including phenoxy) is 2. The van der Waals surface area contributed by atoms with Crippen LogP contribution in [0.4, 0.5) is 5.69 Å². The lowest BCUT2D eigenvalue weighted by Gasteiger charge is -2.13. The molecule has 0 radical (unpaired) electrons.